The maximum Gasteiger partial charge on any atom is 0.136 e. The molecule has 16 heavy (non-hydrogen) atoms. The van der Waals surface area contributed by atoms with E-state index in [1.807, 2.05) is 6.08 Å². The van der Waals surface area contributed by atoms with Crippen LogP contribution in [0.15, 0.2) is 15.9 Å². The predicted molar refractivity (Wildman–Crippen MR) is 70.9 cm³/mol. The van der Waals surface area contributed by atoms with Crippen LogP contribution in [0.4, 0.5) is 0 Å². The number of benzene rings is 1. The number of phenolic OH excluding ortho intramolecular Hbond substituents is 1. The average Bonchev–Trinajstić information content (AvgIpc) is 2.46. The van der Waals surface area contributed by atoms with Crippen molar-refractivity contribution in [1.82, 2.24) is 0 Å². The smallest absolute Gasteiger partial charge is 0.136 e. The largest absolute Gasteiger partial charge is 0.506 e. The van der Waals surface area contributed by atoms with Crippen LogP contribution in [0.1, 0.15) is 5.56 Å². The van der Waals surface area contributed by atoms with Crippen LogP contribution in [0, 0.1) is 0 Å². The molecule has 0 fully saturated rings. The molecule has 1 heterocycles. The van der Waals surface area contributed by atoms with Gasteiger partial charge in [-0.25, -0.2) is 0 Å². The van der Waals surface area contributed by atoms with Crippen molar-refractivity contribution in [1.29, 1.82) is 0 Å². The van der Waals surface area contributed by atoms with Gasteiger partial charge in [-0.3, -0.25) is 0 Å². The Hall–Kier alpha value is -0.350. The highest BCUT2D eigenvalue weighted by atomic mass is 35.5. The molecule has 88 valence electrons. The van der Waals surface area contributed by atoms with Gasteiger partial charge in [0.2, 0.25) is 0 Å². The van der Waals surface area contributed by atoms with Crippen LogP contribution in [-0.2, 0) is 0 Å². The van der Waals surface area contributed by atoms with Crippen molar-refractivity contribution in [3.05, 3.63) is 26.6 Å². The predicted octanol–water partition coefficient (Wildman–Crippen LogP) is 3.47. The van der Waals surface area contributed by atoms with Gasteiger partial charge in [-0.1, -0.05) is 23.2 Å². The maximum absolute atomic E-state index is 9.59. The number of aromatic hydroxyl groups is 1. The van der Waals surface area contributed by atoms with Gasteiger partial charge in [-0.15, -0.1) is 0 Å². The highest BCUT2D eigenvalue weighted by Crippen LogP contribution is 2.65. The van der Waals surface area contributed by atoms with E-state index in [1.165, 1.54) is 0 Å². The minimum atomic E-state index is -1.28. The van der Waals surface area contributed by atoms with Crippen LogP contribution in [0.25, 0.3) is 6.08 Å². The number of phenols is 1. The Bertz CT molecular complexity index is 495. The summed E-state index contributed by atoms with van der Waals surface area (Å²) in [5, 5.41) is 19.5. The highest BCUT2D eigenvalue weighted by Gasteiger charge is 2.32. The molecule has 1 aromatic rings. The summed E-state index contributed by atoms with van der Waals surface area (Å²) >= 11 is 12.1. The zero-order valence-electron chi connectivity index (χ0n) is 8.92. The molecule has 1 aliphatic heterocycles. The second-order valence-electron chi connectivity index (χ2n) is 4.04. The number of hydrogen-bond donors (Lipinski definition) is 2. The fraction of sp³-hybridized carbons (Fsp3) is 0.273. The molecule has 1 aliphatic rings. The highest BCUT2D eigenvalue weighted by molar-refractivity contribution is 8.36. The van der Waals surface area contributed by atoms with E-state index in [2.05, 4.69) is 12.5 Å². The van der Waals surface area contributed by atoms with E-state index in [-0.39, 0.29) is 17.4 Å². The van der Waals surface area contributed by atoms with Crippen molar-refractivity contribution in [2.24, 2.45) is 0 Å². The third-order valence-corrected chi connectivity index (χ3v) is 6.80. The second kappa shape index (κ2) is 3.84. The third kappa shape index (κ3) is 1.54. The van der Waals surface area contributed by atoms with Crippen molar-refractivity contribution in [3.8, 4) is 5.75 Å². The molecule has 0 aromatic heterocycles. The van der Waals surface area contributed by atoms with Gasteiger partial charge in [0.25, 0.3) is 0 Å². The zero-order chi connectivity index (χ0) is 12.1. The number of fused-ring (bicyclic) bond motifs is 1. The Morgan fingerprint density at radius 1 is 1.25 bits per heavy atom. The third-order valence-electron chi connectivity index (χ3n) is 2.81. The molecule has 0 saturated heterocycles. The molecular weight excluding hydrogens is 267 g/mol. The molecular formula is C11H12Cl2O2S. The molecule has 0 aliphatic carbocycles. The van der Waals surface area contributed by atoms with Gasteiger partial charge in [0.1, 0.15) is 10.8 Å². The van der Waals surface area contributed by atoms with Crippen molar-refractivity contribution in [2.75, 3.05) is 19.1 Å². The Kier molecular flexibility index (Phi) is 2.91. The molecule has 5 heteroatoms. The lowest BCUT2D eigenvalue weighted by Crippen LogP contribution is -2.00. The van der Waals surface area contributed by atoms with Gasteiger partial charge >= 0.3 is 0 Å². The molecule has 0 unspecified atom stereocenters. The van der Waals surface area contributed by atoms with Crippen LogP contribution < -0.4 is 0 Å². The van der Waals surface area contributed by atoms with E-state index in [0.29, 0.717) is 5.02 Å². The minimum absolute atomic E-state index is 0.00568. The van der Waals surface area contributed by atoms with Crippen molar-refractivity contribution >= 4 is 39.3 Å². The molecule has 2 nitrogen and oxygen atoms in total. The van der Waals surface area contributed by atoms with Crippen LogP contribution in [0.2, 0.25) is 10.0 Å². The Morgan fingerprint density at radius 3 is 2.44 bits per heavy atom. The number of rotatable bonds is 1. The number of halogens is 2. The summed E-state index contributed by atoms with van der Waals surface area (Å²) in [6, 6.07) is 1.60. The summed E-state index contributed by atoms with van der Waals surface area (Å²) in [4.78, 5) is 1.90. The van der Waals surface area contributed by atoms with E-state index in [4.69, 9.17) is 23.2 Å². The fourth-order valence-electron chi connectivity index (χ4n) is 1.90. The van der Waals surface area contributed by atoms with E-state index in [9.17, 15) is 10.2 Å². The van der Waals surface area contributed by atoms with Gasteiger partial charge in [0.15, 0.2) is 0 Å². The number of aliphatic hydroxyl groups is 1. The normalized spacial score (nSPS) is 19.2. The first kappa shape index (κ1) is 12.1. The quantitative estimate of drug-likeness (QED) is 0.826. The first-order valence-electron chi connectivity index (χ1n) is 4.65. The summed E-state index contributed by atoms with van der Waals surface area (Å²) in [6.45, 7) is 0.00568. The summed E-state index contributed by atoms with van der Waals surface area (Å²) < 4.78 is 0. The second-order valence-corrected chi connectivity index (χ2v) is 8.38. The lowest BCUT2D eigenvalue weighted by molar-refractivity contribution is 0.340. The van der Waals surface area contributed by atoms with E-state index < -0.39 is 10.0 Å². The lowest BCUT2D eigenvalue weighted by atomic mass is 10.2. The summed E-state index contributed by atoms with van der Waals surface area (Å²) in [5.74, 6) is -0.0175. The zero-order valence-corrected chi connectivity index (χ0v) is 11.2. The maximum atomic E-state index is 9.59. The van der Waals surface area contributed by atoms with Crippen LogP contribution in [0.5, 0.6) is 5.75 Å². The van der Waals surface area contributed by atoms with Gasteiger partial charge in [-0.2, -0.15) is 10.0 Å². The molecule has 0 bridgehead atoms. The molecule has 0 radical (unpaired) electrons. The molecule has 0 amide bonds. The molecule has 2 rings (SSSR count). The lowest BCUT2D eigenvalue weighted by Gasteiger charge is -2.31. The summed E-state index contributed by atoms with van der Waals surface area (Å²) in [7, 11) is -1.28. The minimum Gasteiger partial charge on any atom is -0.506 e. The Morgan fingerprint density at radius 2 is 1.88 bits per heavy atom. The summed E-state index contributed by atoms with van der Waals surface area (Å²) in [6.07, 6.45) is 5.99. The molecule has 0 spiro atoms. The van der Waals surface area contributed by atoms with E-state index in [1.54, 1.807) is 6.07 Å². The topological polar surface area (TPSA) is 40.5 Å². The van der Waals surface area contributed by atoms with Gasteiger partial charge in [-0.05, 0) is 35.1 Å². The Balaban J connectivity index is 2.73. The van der Waals surface area contributed by atoms with Crippen molar-refractivity contribution in [3.63, 3.8) is 0 Å². The van der Waals surface area contributed by atoms with Gasteiger partial charge in [0.05, 0.1) is 11.6 Å². The van der Waals surface area contributed by atoms with Crippen molar-refractivity contribution in [2.45, 2.75) is 4.90 Å². The van der Waals surface area contributed by atoms with Crippen LogP contribution >= 0.6 is 33.2 Å². The van der Waals surface area contributed by atoms with Crippen LogP contribution in [0.3, 0.4) is 0 Å². The first-order chi connectivity index (χ1) is 7.39. The van der Waals surface area contributed by atoms with Gasteiger partial charge in [0, 0.05) is 4.90 Å². The first-order valence-corrected chi connectivity index (χ1v) is 7.86. The van der Waals surface area contributed by atoms with Crippen molar-refractivity contribution < 1.29 is 10.2 Å². The number of hydrogen-bond acceptors (Lipinski definition) is 2. The SMILES string of the molecule is CS1(C)C(CO)=Cc2cc(O)c(Cl)c(Cl)c21. The van der Waals surface area contributed by atoms with Gasteiger partial charge < -0.3 is 10.2 Å². The summed E-state index contributed by atoms with van der Waals surface area (Å²) in [5.41, 5.74) is 0.857. The molecule has 0 atom stereocenters. The van der Waals surface area contributed by atoms with E-state index in [0.717, 1.165) is 15.4 Å². The monoisotopic (exact) mass is 278 g/mol. The number of aliphatic hydroxyl groups excluding tert-OH is 1. The molecule has 2 N–H and O–H groups in total. The standard InChI is InChI=1S/C11H12Cl2O2S/c1-16(2)7(5-14)3-6-4-8(15)9(12)10(13)11(6)16/h3-4,14-15H,5H2,1-2H3. The Labute approximate surface area is 106 Å². The molecule has 0 saturated carbocycles. The molecule has 1 aromatic carbocycles. The van der Waals surface area contributed by atoms with Crippen LogP contribution in [-0.4, -0.2) is 29.3 Å². The average molecular weight is 279 g/mol. The fourth-order valence-corrected chi connectivity index (χ4v) is 5.15. The van der Waals surface area contributed by atoms with E-state index >= 15 is 0 Å².